The summed E-state index contributed by atoms with van der Waals surface area (Å²) in [6.45, 7) is 19.0. The quantitative estimate of drug-likeness (QED) is 0.0556. The molecule has 4 aromatic heterocycles. The van der Waals surface area contributed by atoms with Gasteiger partial charge in [0.15, 0.2) is 11.2 Å². The average molecular weight is 871 g/mol. The molecule has 0 aliphatic carbocycles. The molecule has 5 aromatic rings. The highest BCUT2D eigenvalue weighted by Crippen LogP contribution is 2.32. The topological polar surface area (TPSA) is 264 Å². The molecule has 0 saturated carbocycles. The van der Waals surface area contributed by atoms with Crippen molar-refractivity contribution in [1.82, 2.24) is 34.7 Å². The number of benzene rings is 1. The first-order valence-electron chi connectivity index (χ1n) is 21.1. The predicted molar refractivity (Wildman–Crippen MR) is 235 cm³/mol. The molecule has 0 aliphatic rings. The molecular weight excluding hydrogens is 805 g/mol. The summed E-state index contributed by atoms with van der Waals surface area (Å²) in [6, 6.07) is 5.58. The number of rotatable bonds is 30. The maximum atomic E-state index is 12.0. The van der Waals surface area contributed by atoms with Crippen molar-refractivity contribution in [2.45, 2.75) is 53.5 Å². The van der Waals surface area contributed by atoms with Crippen LogP contribution in [0, 0.1) is 0 Å². The van der Waals surface area contributed by atoms with Crippen molar-refractivity contribution in [2.75, 3.05) is 124 Å². The molecule has 1 aromatic carbocycles. The predicted octanol–water partition coefficient (Wildman–Crippen LogP) is 3.67. The number of oxazole rings is 1. The van der Waals surface area contributed by atoms with Crippen LogP contribution in [-0.4, -0.2) is 153 Å². The van der Waals surface area contributed by atoms with Crippen LogP contribution in [0.2, 0.25) is 0 Å². The molecule has 0 fully saturated rings. The lowest BCUT2D eigenvalue weighted by atomic mass is 10.1. The second-order valence-electron chi connectivity index (χ2n) is 13.0. The van der Waals surface area contributed by atoms with Gasteiger partial charge in [-0.1, -0.05) is 0 Å². The summed E-state index contributed by atoms with van der Waals surface area (Å²) >= 11 is 0. The fourth-order valence-corrected chi connectivity index (χ4v) is 5.42. The molecule has 20 heteroatoms. The minimum absolute atomic E-state index is 0.0960. The fraction of sp³-hybridized carbons (Fsp3) is 0.595. The van der Waals surface area contributed by atoms with E-state index < -0.39 is 0 Å². The Labute approximate surface area is 363 Å². The second-order valence-corrected chi connectivity index (χ2v) is 13.0. The standard InChI is InChI=1S/C24H25N9O3.C10H22O4.C8H19NO3/c1-2-35-8-7-16(34)4-6-19-27-10-14(11-28-19)12-33-23-20(22(25)29-13-30-23)21(32-33)15-3-5-18-17(9-15)31-24(26)36-18;1-3-11-5-7-13-9-10-14-8-6-12-4-2;1-2-10-5-6-12-8-7-11-4-3-9/h3,5,9-11,13H,2,4,6-8,12H2,1H3,(H2,26,31)(H2,25,29,30);3-10H2,1-2H3;2-9H2,1H3. The normalized spacial score (nSPS) is 11.1. The monoisotopic (exact) mass is 870 g/mol. The van der Waals surface area contributed by atoms with Crippen molar-refractivity contribution in [1.29, 1.82) is 0 Å². The molecule has 344 valence electrons. The Bertz CT molecular complexity index is 1910. The fourth-order valence-electron chi connectivity index (χ4n) is 5.42. The largest absolute Gasteiger partial charge is 0.424 e. The lowest BCUT2D eigenvalue weighted by Crippen LogP contribution is -2.13. The first-order valence-corrected chi connectivity index (χ1v) is 21.1. The number of aryl methyl sites for hydroxylation is 1. The van der Waals surface area contributed by atoms with Crippen LogP contribution in [0.15, 0.2) is 41.3 Å². The van der Waals surface area contributed by atoms with Gasteiger partial charge in [0.25, 0.3) is 6.01 Å². The molecule has 0 amide bonds. The maximum Gasteiger partial charge on any atom is 0.292 e. The number of ketones is 1. The van der Waals surface area contributed by atoms with Gasteiger partial charge in [0.1, 0.15) is 35.0 Å². The van der Waals surface area contributed by atoms with E-state index >= 15 is 0 Å². The number of Topliss-reactive ketones (excluding diaryl/α,β-unsaturated/α-hetero) is 1. The van der Waals surface area contributed by atoms with Crippen LogP contribution in [0.1, 0.15) is 51.9 Å². The lowest BCUT2D eigenvalue weighted by Gasteiger charge is -2.05. The highest BCUT2D eigenvalue weighted by molar-refractivity contribution is 5.99. The third-order valence-electron chi connectivity index (χ3n) is 8.42. The molecule has 0 unspecified atom stereocenters. The van der Waals surface area contributed by atoms with Crippen molar-refractivity contribution in [3.63, 3.8) is 0 Å². The Balaban J connectivity index is 0.000000325. The van der Waals surface area contributed by atoms with Crippen molar-refractivity contribution in [2.24, 2.45) is 5.73 Å². The summed E-state index contributed by atoms with van der Waals surface area (Å²) in [5.74, 6) is 1.07. The zero-order valence-electron chi connectivity index (χ0n) is 36.8. The number of anilines is 2. The van der Waals surface area contributed by atoms with Gasteiger partial charge in [-0.3, -0.25) is 4.79 Å². The summed E-state index contributed by atoms with van der Waals surface area (Å²) in [5.41, 5.74) is 21.1. The van der Waals surface area contributed by atoms with E-state index in [9.17, 15) is 4.79 Å². The van der Waals surface area contributed by atoms with Crippen LogP contribution >= 0.6 is 0 Å². The molecule has 0 atom stereocenters. The van der Waals surface area contributed by atoms with Crippen LogP contribution in [-0.2, 0) is 55.7 Å². The first kappa shape index (κ1) is 51.6. The number of aromatic nitrogens is 7. The van der Waals surface area contributed by atoms with Gasteiger partial charge in [-0.2, -0.15) is 10.1 Å². The highest BCUT2D eigenvalue weighted by Gasteiger charge is 2.19. The van der Waals surface area contributed by atoms with Gasteiger partial charge in [-0.15, -0.1) is 0 Å². The number of hydrogen-bond acceptors (Lipinski definition) is 19. The summed E-state index contributed by atoms with van der Waals surface area (Å²) in [5, 5.41) is 5.41. The Morgan fingerprint density at radius 2 is 1.23 bits per heavy atom. The van der Waals surface area contributed by atoms with Gasteiger partial charge in [-0.25, -0.2) is 24.6 Å². The van der Waals surface area contributed by atoms with Gasteiger partial charge in [0.2, 0.25) is 0 Å². The van der Waals surface area contributed by atoms with Gasteiger partial charge >= 0.3 is 0 Å². The number of fused-ring (bicyclic) bond motifs is 2. The van der Waals surface area contributed by atoms with E-state index in [-0.39, 0.29) is 11.8 Å². The summed E-state index contributed by atoms with van der Waals surface area (Å²) in [7, 11) is 0. The number of nitrogens with zero attached hydrogens (tertiary/aromatic N) is 7. The number of carbonyl (C=O) groups excluding carboxylic acids is 1. The smallest absolute Gasteiger partial charge is 0.292 e. The Morgan fingerprint density at radius 3 is 1.79 bits per heavy atom. The van der Waals surface area contributed by atoms with E-state index in [1.165, 1.54) is 6.33 Å². The number of hydrogen-bond donors (Lipinski definition) is 3. The Morgan fingerprint density at radius 1 is 0.677 bits per heavy atom. The van der Waals surface area contributed by atoms with Gasteiger partial charge in [-0.05, 0) is 45.9 Å². The number of carbonyl (C=O) groups is 1. The van der Waals surface area contributed by atoms with Gasteiger partial charge in [0.05, 0.1) is 91.2 Å². The molecule has 0 bridgehead atoms. The first-order chi connectivity index (χ1) is 30.3. The van der Waals surface area contributed by atoms with E-state index in [2.05, 4.69) is 24.9 Å². The van der Waals surface area contributed by atoms with Crippen LogP contribution in [0.5, 0.6) is 0 Å². The summed E-state index contributed by atoms with van der Waals surface area (Å²) in [6.07, 6.45) is 6.14. The Kier molecular flexibility index (Phi) is 26.6. The van der Waals surface area contributed by atoms with Crippen LogP contribution in [0.25, 0.3) is 33.4 Å². The number of nitrogens with two attached hydrogens (primary N) is 3. The molecular formula is C42H66N10O10. The zero-order chi connectivity index (χ0) is 44.6. The van der Waals surface area contributed by atoms with Gasteiger partial charge in [0, 0.05) is 75.8 Å². The van der Waals surface area contributed by atoms with E-state index in [1.807, 2.05) is 39.8 Å². The minimum atomic E-state index is 0.0960. The summed E-state index contributed by atoms with van der Waals surface area (Å²) < 4.78 is 48.4. The molecule has 0 aliphatic heterocycles. The molecule has 0 saturated heterocycles. The summed E-state index contributed by atoms with van der Waals surface area (Å²) in [4.78, 5) is 33.6. The lowest BCUT2D eigenvalue weighted by molar-refractivity contribution is -0.120. The van der Waals surface area contributed by atoms with E-state index in [1.54, 1.807) is 23.1 Å². The van der Waals surface area contributed by atoms with Crippen LogP contribution in [0.3, 0.4) is 0 Å². The van der Waals surface area contributed by atoms with E-state index in [0.717, 1.165) is 30.9 Å². The molecule has 0 radical (unpaired) electrons. The van der Waals surface area contributed by atoms with Crippen molar-refractivity contribution < 1.29 is 47.1 Å². The molecule has 62 heavy (non-hydrogen) atoms. The molecule has 0 spiro atoms. The third-order valence-corrected chi connectivity index (χ3v) is 8.42. The number of nitrogen functional groups attached to an aromatic ring is 2. The number of ether oxygens (including phenoxy) is 8. The van der Waals surface area contributed by atoms with Gasteiger partial charge < -0.3 is 59.5 Å². The van der Waals surface area contributed by atoms with Crippen molar-refractivity contribution in [3.05, 3.63) is 48.3 Å². The SMILES string of the molecule is CCOCCC(=O)CCc1ncc(Cn2nc(-c3ccc4oc(N)nc4c3)c3c(N)ncnc32)cn1.CCOCCOCCOCCN.CCOCCOCCOCCOCC. The third kappa shape index (κ3) is 20.0. The molecule has 20 nitrogen and oxygen atoms in total. The maximum absolute atomic E-state index is 12.0. The molecule has 4 heterocycles. The Hall–Kier alpha value is -4.77. The molecule has 6 N–H and O–H groups in total. The highest BCUT2D eigenvalue weighted by atomic mass is 16.6. The van der Waals surface area contributed by atoms with Crippen molar-refractivity contribution in [3.8, 4) is 11.3 Å². The average Bonchev–Trinajstić information content (AvgIpc) is 3.85. The van der Waals surface area contributed by atoms with Crippen molar-refractivity contribution >= 4 is 39.7 Å². The van der Waals surface area contributed by atoms with E-state index in [4.69, 9.17) is 64.6 Å². The zero-order valence-corrected chi connectivity index (χ0v) is 36.8. The second kappa shape index (κ2) is 32.0. The van der Waals surface area contributed by atoms with Crippen LogP contribution < -0.4 is 17.2 Å². The molecule has 5 rings (SSSR count). The van der Waals surface area contributed by atoms with E-state index in [0.29, 0.717) is 158 Å². The van der Waals surface area contributed by atoms with Crippen LogP contribution in [0.4, 0.5) is 11.8 Å². The minimum Gasteiger partial charge on any atom is -0.424 e.